The van der Waals surface area contributed by atoms with E-state index in [4.69, 9.17) is 4.74 Å². The second-order valence-electron chi connectivity index (χ2n) is 15.9. The molecule has 1 heterocycles. The Morgan fingerprint density at radius 1 is 0.891 bits per heavy atom. The van der Waals surface area contributed by atoms with Crippen LogP contribution in [0.2, 0.25) is 25.2 Å². The van der Waals surface area contributed by atoms with E-state index in [1.807, 2.05) is 36.4 Å². The first-order chi connectivity index (χ1) is 21.9. The Kier molecular flexibility index (Phi) is 10.5. The van der Waals surface area contributed by atoms with Crippen molar-refractivity contribution >= 4 is 31.5 Å². The molecule has 2 fully saturated rings. The van der Waals surface area contributed by atoms with E-state index in [0.29, 0.717) is 17.2 Å². The van der Waals surface area contributed by atoms with Gasteiger partial charge < -0.3 is 4.74 Å². The smallest absolute Gasteiger partial charge is 0.333 e. The number of fused-ring (bicyclic) bond motifs is 1. The summed E-state index contributed by atoms with van der Waals surface area (Å²) in [6, 6.07) is 19.9. The van der Waals surface area contributed by atoms with Crippen molar-refractivity contribution in [2.24, 2.45) is 29.6 Å². The van der Waals surface area contributed by atoms with E-state index >= 15 is 0 Å². The van der Waals surface area contributed by atoms with Crippen LogP contribution in [0.25, 0.3) is 0 Å². The fourth-order valence-electron chi connectivity index (χ4n) is 8.82. The summed E-state index contributed by atoms with van der Waals surface area (Å²) in [7, 11) is -2.20. The van der Waals surface area contributed by atoms with Crippen LogP contribution in [0.4, 0.5) is 5.69 Å². The minimum atomic E-state index is -2.20. The Hall–Kier alpha value is -2.99. The third kappa shape index (κ3) is 6.83. The maximum Gasteiger partial charge on any atom is 0.333 e. The molecular weight excluding hydrogens is 587 g/mol. The molecule has 1 saturated carbocycles. The number of carbonyl (C=O) groups is 3. The standard InChI is InChI=1S/C40H55NO4Si/c1-8-9-10-13-18-28-26-31(36(46(5,6)7)35-34(28)37(42)41(38(35)43)30-21-16-12-17-22-30)39(44)45-33-25-27(2)23-24-32(33)40(3,4)29-19-14-11-15-20-29/h11-12,14-17,19-22,26-28,32-36H,8-10,13,18,23-25H2,1-7H3/t27?,28-,32?,33?,34-,35-,36+/m1/s1. The molecule has 6 heteroatoms. The maximum absolute atomic E-state index is 14.6. The number of unbranched alkanes of at least 4 members (excludes halogenated alkanes) is 3. The first-order valence-electron chi connectivity index (χ1n) is 17.8. The van der Waals surface area contributed by atoms with E-state index in [9.17, 15) is 14.4 Å². The number of esters is 1. The van der Waals surface area contributed by atoms with Gasteiger partial charge in [-0.15, -0.1) is 0 Å². The quantitative estimate of drug-likeness (QED) is 0.106. The highest BCUT2D eigenvalue weighted by Gasteiger charge is 2.60. The normalized spacial score (nSPS) is 28.5. The molecule has 0 aromatic heterocycles. The van der Waals surface area contributed by atoms with Crippen LogP contribution in [0, 0.1) is 29.6 Å². The molecule has 2 amide bonds. The molecule has 0 bridgehead atoms. The summed E-state index contributed by atoms with van der Waals surface area (Å²) in [4.78, 5) is 44.7. The summed E-state index contributed by atoms with van der Waals surface area (Å²) in [6.45, 7) is 15.7. The molecule has 5 nitrogen and oxygen atoms in total. The highest BCUT2D eigenvalue weighted by atomic mass is 28.3. The number of rotatable bonds is 11. The number of anilines is 1. The van der Waals surface area contributed by atoms with Gasteiger partial charge in [0.05, 0.1) is 25.6 Å². The van der Waals surface area contributed by atoms with Crippen molar-refractivity contribution in [1.82, 2.24) is 0 Å². The van der Waals surface area contributed by atoms with Crippen LogP contribution in [-0.4, -0.2) is 32.0 Å². The number of hydrogen-bond acceptors (Lipinski definition) is 4. The topological polar surface area (TPSA) is 63.7 Å². The molecule has 5 rings (SSSR count). The molecule has 248 valence electrons. The van der Waals surface area contributed by atoms with E-state index in [-0.39, 0.29) is 46.7 Å². The fourth-order valence-corrected chi connectivity index (χ4v) is 11.4. The first-order valence-corrected chi connectivity index (χ1v) is 21.3. The molecule has 2 aromatic rings. The number of nitrogens with zero attached hydrogens (tertiary/aromatic N) is 1. The second kappa shape index (κ2) is 14.0. The van der Waals surface area contributed by atoms with E-state index in [1.165, 1.54) is 10.5 Å². The summed E-state index contributed by atoms with van der Waals surface area (Å²) >= 11 is 0. The van der Waals surface area contributed by atoms with Crippen LogP contribution in [-0.2, 0) is 24.5 Å². The predicted octanol–water partition coefficient (Wildman–Crippen LogP) is 9.35. The van der Waals surface area contributed by atoms with Crippen LogP contribution >= 0.6 is 0 Å². The van der Waals surface area contributed by atoms with Crippen molar-refractivity contribution in [1.29, 1.82) is 0 Å². The van der Waals surface area contributed by atoms with Gasteiger partial charge in [-0.05, 0) is 59.8 Å². The predicted molar refractivity (Wildman–Crippen MR) is 189 cm³/mol. The third-order valence-electron chi connectivity index (χ3n) is 11.3. The fraction of sp³-hybridized carbons (Fsp3) is 0.575. The zero-order chi connectivity index (χ0) is 33.2. The summed E-state index contributed by atoms with van der Waals surface area (Å²) in [6.07, 6.45) is 9.95. The van der Waals surface area contributed by atoms with Crippen LogP contribution in [0.5, 0.6) is 0 Å². The zero-order valence-electron chi connectivity index (χ0n) is 29.1. The largest absolute Gasteiger partial charge is 0.459 e. The van der Waals surface area contributed by atoms with E-state index in [2.05, 4.69) is 77.7 Å². The van der Waals surface area contributed by atoms with Crippen LogP contribution in [0.15, 0.2) is 72.3 Å². The Balaban J connectivity index is 1.52. The van der Waals surface area contributed by atoms with Gasteiger partial charge in [-0.3, -0.25) is 14.5 Å². The zero-order valence-corrected chi connectivity index (χ0v) is 30.1. The lowest BCUT2D eigenvalue weighted by Gasteiger charge is -2.45. The molecule has 3 unspecified atom stereocenters. The SMILES string of the molecule is CCCCCC[C@@H]1C=C(C(=O)OC2CC(C)CCC2C(C)(C)c2ccccc2)[C@H]([Si](C)(C)C)[C@@H]2C(=O)N(c3ccccc3)C(=O)[C@@H]21. The van der Waals surface area contributed by atoms with Gasteiger partial charge in [0.15, 0.2) is 0 Å². The number of ether oxygens (including phenoxy) is 1. The van der Waals surface area contributed by atoms with Crippen LogP contribution in [0.1, 0.15) is 84.6 Å². The summed E-state index contributed by atoms with van der Waals surface area (Å²) in [5.41, 5.74) is 2.09. The molecule has 1 aliphatic heterocycles. The van der Waals surface area contributed by atoms with Crippen molar-refractivity contribution in [3.63, 3.8) is 0 Å². The van der Waals surface area contributed by atoms with Gasteiger partial charge in [0.25, 0.3) is 0 Å². The summed E-state index contributed by atoms with van der Waals surface area (Å²) in [5, 5.41) is 0. The van der Waals surface area contributed by atoms with Crippen LogP contribution in [0.3, 0.4) is 0 Å². The van der Waals surface area contributed by atoms with Gasteiger partial charge in [0, 0.05) is 11.5 Å². The average molecular weight is 642 g/mol. The van der Waals surface area contributed by atoms with Gasteiger partial charge in [-0.2, -0.15) is 0 Å². The maximum atomic E-state index is 14.6. The molecule has 46 heavy (non-hydrogen) atoms. The average Bonchev–Trinajstić information content (AvgIpc) is 3.28. The number of imide groups is 1. The Bertz CT molecular complexity index is 1410. The molecule has 0 spiro atoms. The number of benzene rings is 2. The highest BCUT2D eigenvalue weighted by molar-refractivity contribution is 6.79. The number of carbonyl (C=O) groups excluding carboxylic acids is 3. The number of allylic oxidation sites excluding steroid dienone is 1. The molecule has 0 N–H and O–H groups in total. The van der Waals surface area contributed by atoms with Crippen molar-refractivity contribution in [2.45, 2.75) is 116 Å². The van der Waals surface area contributed by atoms with Crippen molar-refractivity contribution < 1.29 is 19.1 Å². The number of para-hydroxylation sites is 1. The van der Waals surface area contributed by atoms with Gasteiger partial charge in [0.2, 0.25) is 11.8 Å². The summed E-state index contributed by atoms with van der Waals surface area (Å²) in [5.74, 6) is -1.02. The highest BCUT2D eigenvalue weighted by Crippen LogP contribution is 2.54. The lowest BCUT2D eigenvalue weighted by Crippen LogP contribution is -2.47. The molecule has 2 aliphatic carbocycles. The van der Waals surface area contributed by atoms with E-state index < -0.39 is 19.9 Å². The van der Waals surface area contributed by atoms with E-state index in [0.717, 1.165) is 51.4 Å². The van der Waals surface area contributed by atoms with Gasteiger partial charge in [0.1, 0.15) is 6.10 Å². The third-order valence-corrected chi connectivity index (χ3v) is 13.8. The van der Waals surface area contributed by atoms with Gasteiger partial charge in [-0.1, -0.05) is 134 Å². The molecule has 0 radical (unpaired) electrons. The van der Waals surface area contributed by atoms with Crippen molar-refractivity contribution in [3.05, 3.63) is 77.9 Å². The van der Waals surface area contributed by atoms with E-state index in [1.54, 1.807) is 0 Å². The lowest BCUT2D eigenvalue weighted by atomic mass is 9.64. The Morgan fingerprint density at radius 2 is 1.52 bits per heavy atom. The monoisotopic (exact) mass is 641 g/mol. The van der Waals surface area contributed by atoms with Crippen molar-refractivity contribution in [3.8, 4) is 0 Å². The second-order valence-corrected chi connectivity index (χ2v) is 21.3. The molecule has 1 saturated heterocycles. The summed E-state index contributed by atoms with van der Waals surface area (Å²) < 4.78 is 6.67. The molecule has 2 aromatic carbocycles. The minimum Gasteiger partial charge on any atom is -0.459 e. The van der Waals surface area contributed by atoms with Gasteiger partial charge >= 0.3 is 5.97 Å². The Morgan fingerprint density at radius 3 is 2.15 bits per heavy atom. The molecule has 7 atom stereocenters. The first kappa shape index (κ1) is 34.3. The number of hydrogen-bond donors (Lipinski definition) is 0. The molecular formula is C40H55NO4Si. The molecule has 3 aliphatic rings. The number of amides is 2. The van der Waals surface area contributed by atoms with Gasteiger partial charge in [-0.25, -0.2) is 4.79 Å². The Labute approximate surface area is 278 Å². The lowest BCUT2D eigenvalue weighted by molar-refractivity contribution is -0.152. The minimum absolute atomic E-state index is 0.112. The van der Waals surface area contributed by atoms with Crippen molar-refractivity contribution in [2.75, 3.05) is 4.90 Å². The van der Waals surface area contributed by atoms with Crippen LogP contribution < -0.4 is 4.90 Å².